The molecule has 0 aliphatic carbocycles. The average Bonchev–Trinajstić information content (AvgIpc) is 2.99. The van der Waals surface area contributed by atoms with Crippen molar-refractivity contribution in [2.24, 2.45) is 5.73 Å². The lowest BCUT2D eigenvalue weighted by molar-refractivity contribution is 0.589. The molecule has 0 saturated heterocycles. The van der Waals surface area contributed by atoms with E-state index in [1.54, 1.807) is 48.7 Å². The number of nitrogens with two attached hydrogens (primary N) is 1. The molecule has 1 heterocycles. The van der Waals surface area contributed by atoms with Gasteiger partial charge in [0, 0.05) is 30.4 Å². The van der Waals surface area contributed by atoms with Gasteiger partial charge in [0.15, 0.2) is 0 Å². The number of hydrogen-bond acceptors (Lipinski definition) is 4. The van der Waals surface area contributed by atoms with Crippen LogP contribution in [0.2, 0.25) is 0 Å². The van der Waals surface area contributed by atoms with Crippen LogP contribution >= 0.6 is 0 Å². The fourth-order valence-electron chi connectivity index (χ4n) is 2.42. The van der Waals surface area contributed by atoms with Gasteiger partial charge in [0.05, 0.1) is 10.4 Å². The van der Waals surface area contributed by atoms with E-state index in [2.05, 4.69) is 5.32 Å². The van der Waals surface area contributed by atoms with Crippen molar-refractivity contribution < 1.29 is 8.42 Å². The summed E-state index contributed by atoms with van der Waals surface area (Å²) < 4.78 is 26.8. The zero-order valence-electron chi connectivity index (χ0n) is 11.9. The molecular formula is C16H17N3O2S. The maximum absolute atomic E-state index is 12.8. The highest BCUT2D eigenvalue weighted by atomic mass is 32.2. The normalized spacial score (nSPS) is 11.7. The molecule has 3 rings (SSSR count). The zero-order valence-corrected chi connectivity index (χ0v) is 12.8. The molecule has 3 N–H and O–H groups in total. The van der Waals surface area contributed by atoms with Crippen LogP contribution in [0.5, 0.6) is 0 Å². The van der Waals surface area contributed by atoms with Gasteiger partial charge in [0.2, 0.25) is 0 Å². The van der Waals surface area contributed by atoms with Crippen LogP contribution in [0.3, 0.4) is 0 Å². The van der Waals surface area contributed by atoms with Crippen LogP contribution in [0.1, 0.15) is 0 Å². The molecule has 0 spiro atoms. The van der Waals surface area contributed by atoms with Crippen molar-refractivity contribution in [3.63, 3.8) is 0 Å². The molecule has 0 amide bonds. The second-order valence-corrected chi connectivity index (χ2v) is 6.70. The predicted molar refractivity (Wildman–Crippen MR) is 88.5 cm³/mol. The smallest absolute Gasteiger partial charge is 0.268 e. The Kier molecular flexibility index (Phi) is 3.87. The molecule has 6 heteroatoms. The van der Waals surface area contributed by atoms with Crippen molar-refractivity contribution in [3.05, 3.63) is 60.8 Å². The first-order valence-corrected chi connectivity index (χ1v) is 8.43. The van der Waals surface area contributed by atoms with Gasteiger partial charge in [0.1, 0.15) is 0 Å². The molecule has 0 radical (unpaired) electrons. The Morgan fingerprint density at radius 3 is 2.50 bits per heavy atom. The van der Waals surface area contributed by atoms with E-state index in [0.717, 1.165) is 11.1 Å². The molecule has 5 nitrogen and oxygen atoms in total. The number of rotatable bonds is 5. The van der Waals surface area contributed by atoms with Gasteiger partial charge in [-0.3, -0.25) is 0 Å². The van der Waals surface area contributed by atoms with Gasteiger partial charge in [-0.15, -0.1) is 0 Å². The Balaban J connectivity index is 2.13. The second-order valence-electron chi connectivity index (χ2n) is 4.88. The van der Waals surface area contributed by atoms with Crippen molar-refractivity contribution in [2.45, 2.75) is 4.90 Å². The minimum absolute atomic E-state index is 0.271. The van der Waals surface area contributed by atoms with E-state index in [1.165, 1.54) is 3.97 Å². The summed E-state index contributed by atoms with van der Waals surface area (Å²) in [4.78, 5) is 0.271. The van der Waals surface area contributed by atoms with E-state index in [4.69, 9.17) is 5.73 Å². The van der Waals surface area contributed by atoms with Gasteiger partial charge < -0.3 is 11.1 Å². The summed E-state index contributed by atoms with van der Waals surface area (Å²) in [5, 5.41) is 4.07. The van der Waals surface area contributed by atoms with Gasteiger partial charge >= 0.3 is 0 Å². The Bertz CT molecular complexity index is 886. The second kappa shape index (κ2) is 5.82. The zero-order chi connectivity index (χ0) is 15.6. The van der Waals surface area contributed by atoms with Crippen LogP contribution in [0, 0.1) is 0 Å². The molecule has 0 aliphatic heterocycles. The Hall–Kier alpha value is -2.31. The van der Waals surface area contributed by atoms with E-state index in [9.17, 15) is 8.42 Å². The maximum Gasteiger partial charge on any atom is 0.268 e. The fourth-order valence-corrected chi connectivity index (χ4v) is 3.79. The van der Waals surface area contributed by atoms with E-state index in [0.29, 0.717) is 18.6 Å². The van der Waals surface area contributed by atoms with Crippen LogP contribution in [-0.2, 0) is 10.0 Å². The summed E-state index contributed by atoms with van der Waals surface area (Å²) in [6.45, 7) is 1.15. The average molecular weight is 315 g/mol. The number of anilines is 1. The lowest BCUT2D eigenvalue weighted by Gasteiger charge is -2.09. The number of nitrogens with zero attached hydrogens (tertiary/aromatic N) is 1. The van der Waals surface area contributed by atoms with E-state index in [1.807, 2.05) is 12.1 Å². The Morgan fingerprint density at radius 1 is 1.00 bits per heavy atom. The largest absolute Gasteiger partial charge is 0.383 e. The molecule has 3 aromatic rings. The first kappa shape index (κ1) is 14.6. The van der Waals surface area contributed by atoms with Gasteiger partial charge in [0.25, 0.3) is 10.0 Å². The van der Waals surface area contributed by atoms with Crippen molar-refractivity contribution in [1.29, 1.82) is 0 Å². The number of hydrogen-bond donors (Lipinski definition) is 2. The number of nitrogens with one attached hydrogen (secondary N) is 1. The highest BCUT2D eigenvalue weighted by molar-refractivity contribution is 7.90. The summed E-state index contributed by atoms with van der Waals surface area (Å²) in [5.74, 6) is 0. The summed E-state index contributed by atoms with van der Waals surface area (Å²) in [5.41, 5.74) is 7.03. The van der Waals surface area contributed by atoms with E-state index < -0.39 is 10.0 Å². The summed E-state index contributed by atoms with van der Waals surface area (Å²) in [7, 11) is -3.60. The molecule has 0 saturated carbocycles. The van der Waals surface area contributed by atoms with Crippen molar-refractivity contribution in [3.8, 4) is 0 Å². The quantitative estimate of drug-likeness (QED) is 0.757. The molecule has 114 valence electrons. The third-order valence-corrected chi connectivity index (χ3v) is 5.16. The minimum Gasteiger partial charge on any atom is -0.383 e. The molecule has 0 unspecified atom stereocenters. The third kappa shape index (κ3) is 2.47. The van der Waals surface area contributed by atoms with Crippen LogP contribution < -0.4 is 11.1 Å². The molecular weight excluding hydrogens is 298 g/mol. The van der Waals surface area contributed by atoms with Gasteiger partial charge in [-0.2, -0.15) is 0 Å². The minimum atomic E-state index is -3.60. The first-order chi connectivity index (χ1) is 10.6. The van der Waals surface area contributed by atoms with Crippen LogP contribution in [-0.4, -0.2) is 25.5 Å². The monoisotopic (exact) mass is 315 g/mol. The first-order valence-electron chi connectivity index (χ1n) is 6.99. The van der Waals surface area contributed by atoms with Crippen LogP contribution in [0.25, 0.3) is 10.9 Å². The SMILES string of the molecule is NCCNc1cccc2c1ccn2S(=O)(=O)c1ccccc1. The molecule has 0 atom stereocenters. The maximum atomic E-state index is 12.8. The molecule has 0 aliphatic rings. The lowest BCUT2D eigenvalue weighted by atomic mass is 10.2. The van der Waals surface area contributed by atoms with Gasteiger partial charge in [-0.05, 0) is 30.3 Å². The van der Waals surface area contributed by atoms with Crippen molar-refractivity contribution >= 4 is 26.6 Å². The predicted octanol–water partition coefficient (Wildman–Crippen LogP) is 2.25. The number of benzene rings is 2. The van der Waals surface area contributed by atoms with E-state index in [-0.39, 0.29) is 4.90 Å². The molecule has 0 fully saturated rings. The molecule has 0 bridgehead atoms. The summed E-state index contributed by atoms with van der Waals surface area (Å²) >= 11 is 0. The standard InChI is InChI=1S/C16H17N3O2S/c17-10-11-18-15-7-4-8-16-14(15)9-12-19(16)22(20,21)13-5-2-1-3-6-13/h1-9,12,18H,10-11,17H2. The Labute approximate surface area is 129 Å². The van der Waals surface area contributed by atoms with Crippen molar-refractivity contribution in [1.82, 2.24) is 3.97 Å². The fraction of sp³-hybridized carbons (Fsp3) is 0.125. The van der Waals surface area contributed by atoms with Crippen LogP contribution in [0.15, 0.2) is 65.7 Å². The number of fused-ring (bicyclic) bond motifs is 1. The van der Waals surface area contributed by atoms with Crippen LogP contribution in [0.4, 0.5) is 5.69 Å². The van der Waals surface area contributed by atoms with Crippen molar-refractivity contribution in [2.75, 3.05) is 18.4 Å². The highest BCUT2D eigenvalue weighted by Gasteiger charge is 2.19. The molecule has 1 aromatic heterocycles. The molecule has 2 aromatic carbocycles. The summed E-state index contributed by atoms with van der Waals surface area (Å²) in [6.07, 6.45) is 1.58. The lowest BCUT2D eigenvalue weighted by Crippen LogP contribution is -2.13. The number of aromatic nitrogens is 1. The Morgan fingerprint density at radius 2 is 1.77 bits per heavy atom. The third-order valence-electron chi connectivity index (χ3n) is 3.46. The summed E-state index contributed by atoms with van der Waals surface area (Å²) in [6, 6.07) is 15.8. The highest BCUT2D eigenvalue weighted by Crippen LogP contribution is 2.27. The van der Waals surface area contributed by atoms with E-state index >= 15 is 0 Å². The van der Waals surface area contributed by atoms with Gasteiger partial charge in [-0.25, -0.2) is 12.4 Å². The van der Waals surface area contributed by atoms with Gasteiger partial charge in [-0.1, -0.05) is 24.3 Å². The molecule has 22 heavy (non-hydrogen) atoms. The topological polar surface area (TPSA) is 77.1 Å².